The maximum Gasteiger partial charge on any atom is 0.248 e. The molecule has 2 aromatic rings. The van der Waals surface area contributed by atoms with E-state index in [2.05, 4.69) is 27.5 Å². The van der Waals surface area contributed by atoms with Gasteiger partial charge >= 0.3 is 0 Å². The Morgan fingerprint density at radius 2 is 2.08 bits per heavy atom. The van der Waals surface area contributed by atoms with Gasteiger partial charge in [-0.1, -0.05) is 12.1 Å². The Morgan fingerprint density at radius 1 is 1.32 bits per heavy atom. The highest BCUT2D eigenvalue weighted by Crippen LogP contribution is 2.16. The van der Waals surface area contributed by atoms with Crippen LogP contribution in [0.3, 0.4) is 0 Å². The number of primary amides is 1. The van der Waals surface area contributed by atoms with Crippen LogP contribution >= 0.6 is 35.3 Å². The highest BCUT2D eigenvalue weighted by Gasteiger charge is 2.05. The molecule has 2 rings (SSSR count). The van der Waals surface area contributed by atoms with E-state index >= 15 is 0 Å². The van der Waals surface area contributed by atoms with E-state index in [1.807, 2.05) is 19.1 Å². The first-order valence-corrected chi connectivity index (χ1v) is 8.57. The summed E-state index contributed by atoms with van der Waals surface area (Å²) in [5.41, 5.74) is 7.88. The summed E-state index contributed by atoms with van der Waals surface area (Å²) >= 11 is 1.73. The van der Waals surface area contributed by atoms with Gasteiger partial charge in [0.05, 0.1) is 10.7 Å². The second-order valence-corrected chi connectivity index (χ2v) is 6.70. The standard InChI is InChI=1S/C17H23N5OS.HI/c1-11-12(2)24-15(22-11)7-8-20-17(19-3)21-10-13-5-4-6-14(9-13)16(18)23;/h4-6,9H,7-8,10H2,1-3H3,(H2,18,23)(H2,19,20,21);1H. The number of aliphatic imine (C=N–C) groups is 1. The van der Waals surface area contributed by atoms with Gasteiger partial charge in [0.15, 0.2) is 5.96 Å². The highest BCUT2D eigenvalue weighted by molar-refractivity contribution is 14.0. The minimum Gasteiger partial charge on any atom is -0.366 e. The topological polar surface area (TPSA) is 92.4 Å². The maximum absolute atomic E-state index is 11.2. The van der Waals surface area contributed by atoms with Crippen LogP contribution in [0, 0.1) is 13.8 Å². The number of benzene rings is 1. The van der Waals surface area contributed by atoms with Crippen molar-refractivity contribution in [2.45, 2.75) is 26.8 Å². The first-order chi connectivity index (χ1) is 11.5. The van der Waals surface area contributed by atoms with Gasteiger partial charge < -0.3 is 16.4 Å². The van der Waals surface area contributed by atoms with E-state index in [9.17, 15) is 4.79 Å². The van der Waals surface area contributed by atoms with Crippen molar-refractivity contribution < 1.29 is 4.79 Å². The van der Waals surface area contributed by atoms with Gasteiger partial charge in [-0.2, -0.15) is 0 Å². The fraction of sp³-hybridized carbons (Fsp3) is 0.353. The summed E-state index contributed by atoms with van der Waals surface area (Å²) in [4.78, 5) is 21.2. The number of amides is 1. The molecule has 1 aromatic heterocycles. The maximum atomic E-state index is 11.2. The SMILES string of the molecule is CN=C(NCCc1nc(C)c(C)s1)NCc1cccc(C(N)=O)c1.I. The zero-order valence-corrected chi connectivity index (χ0v) is 17.8. The molecule has 0 fully saturated rings. The largest absolute Gasteiger partial charge is 0.366 e. The van der Waals surface area contributed by atoms with Gasteiger partial charge in [0.1, 0.15) is 0 Å². The number of halogens is 1. The molecule has 4 N–H and O–H groups in total. The molecule has 0 saturated heterocycles. The first kappa shape index (κ1) is 21.4. The van der Waals surface area contributed by atoms with Gasteiger partial charge in [0.25, 0.3) is 0 Å². The van der Waals surface area contributed by atoms with Crippen LogP contribution in [0.15, 0.2) is 29.3 Å². The van der Waals surface area contributed by atoms with Crippen molar-refractivity contribution in [3.63, 3.8) is 0 Å². The summed E-state index contributed by atoms with van der Waals surface area (Å²) in [6.07, 6.45) is 0.858. The van der Waals surface area contributed by atoms with Crippen molar-refractivity contribution >= 4 is 47.2 Å². The fourth-order valence-electron chi connectivity index (χ4n) is 2.17. The molecular formula is C17H24IN5OS. The van der Waals surface area contributed by atoms with Crippen LogP contribution < -0.4 is 16.4 Å². The molecule has 0 saturated carbocycles. The van der Waals surface area contributed by atoms with Crippen molar-refractivity contribution in [1.29, 1.82) is 0 Å². The molecule has 0 bridgehead atoms. The molecule has 0 aliphatic rings. The van der Waals surface area contributed by atoms with Crippen molar-refractivity contribution in [3.05, 3.63) is 51.0 Å². The molecular weight excluding hydrogens is 449 g/mol. The second kappa shape index (κ2) is 10.3. The molecule has 136 valence electrons. The lowest BCUT2D eigenvalue weighted by Crippen LogP contribution is -2.37. The van der Waals surface area contributed by atoms with Crippen LogP contribution in [0.4, 0.5) is 0 Å². The van der Waals surface area contributed by atoms with Crippen LogP contribution in [0.25, 0.3) is 0 Å². The lowest BCUT2D eigenvalue weighted by atomic mass is 10.1. The number of thiazole rings is 1. The smallest absolute Gasteiger partial charge is 0.248 e. The summed E-state index contributed by atoms with van der Waals surface area (Å²) in [5, 5.41) is 7.62. The molecule has 0 aliphatic heterocycles. The number of aryl methyl sites for hydroxylation is 2. The van der Waals surface area contributed by atoms with Crippen molar-refractivity contribution in [3.8, 4) is 0 Å². The average Bonchev–Trinajstić information content (AvgIpc) is 2.89. The molecule has 0 radical (unpaired) electrons. The van der Waals surface area contributed by atoms with Crippen LogP contribution in [-0.2, 0) is 13.0 Å². The average molecular weight is 473 g/mol. The molecule has 0 atom stereocenters. The van der Waals surface area contributed by atoms with Crippen molar-refractivity contribution in [2.24, 2.45) is 10.7 Å². The second-order valence-electron chi connectivity index (χ2n) is 5.42. The Bertz CT molecular complexity index is 725. The van der Waals surface area contributed by atoms with Gasteiger partial charge in [0, 0.05) is 37.0 Å². The molecule has 1 aromatic carbocycles. The normalized spacial score (nSPS) is 10.9. The number of hydrogen-bond donors (Lipinski definition) is 3. The summed E-state index contributed by atoms with van der Waals surface area (Å²) in [7, 11) is 1.73. The molecule has 1 amide bonds. The zero-order chi connectivity index (χ0) is 17.5. The molecule has 0 aliphatic carbocycles. The number of nitrogens with two attached hydrogens (primary N) is 1. The van der Waals surface area contributed by atoms with E-state index in [1.165, 1.54) is 4.88 Å². The summed E-state index contributed by atoms with van der Waals surface area (Å²) < 4.78 is 0. The van der Waals surface area contributed by atoms with Gasteiger partial charge in [-0.25, -0.2) is 4.98 Å². The number of hydrogen-bond acceptors (Lipinski definition) is 4. The predicted octanol–water partition coefficient (Wildman–Crippen LogP) is 2.38. The van der Waals surface area contributed by atoms with Crippen LogP contribution in [0.2, 0.25) is 0 Å². The number of carbonyl (C=O) groups is 1. The summed E-state index contributed by atoms with van der Waals surface area (Å²) in [6.45, 7) is 5.44. The number of nitrogens with one attached hydrogen (secondary N) is 2. The van der Waals surface area contributed by atoms with Gasteiger partial charge in [-0.15, -0.1) is 35.3 Å². The van der Waals surface area contributed by atoms with Crippen LogP contribution in [0.5, 0.6) is 0 Å². The molecule has 0 spiro atoms. The van der Waals surface area contributed by atoms with E-state index in [-0.39, 0.29) is 24.0 Å². The van der Waals surface area contributed by atoms with E-state index in [1.54, 1.807) is 30.5 Å². The Labute approximate surface area is 169 Å². The highest BCUT2D eigenvalue weighted by atomic mass is 127. The lowest BCUT2D eigenvalue weighted by molar-refractivity contribution is 0.1000. The number of carbonyl (C=O) groups excluding carboxylic acids is 1. The van der Waals surface area contributed by atoms with Crippen molar-refractivity contribution in [1.82, 2.24) is 15.6 Å². The quantitative estimate of drug-likeness (QED) is 0.341. The first-order valence-electron chi connectivity index (χ1n) is 7.75. The molecule has 1 heterocycles. The number of guanidine groups is 1. The third kappa shape index (κ3) is 6.62. The monoisotopic (exact) mass is 473 g/mol. The molecule has 8 heteroatoms. The van der Waals surface area contributed by atoms with Gasteiger partial charge in [0.2, 0.25) is 5.91 Å². The molecule has 6 nitrogen and oxygen atoms in total. The number of nitrogens with zero attached hydrogens (tertiary/aromatic N) is 2. The Kier molecular flexibility index (Phi) is 8.84. The van der Waals surface area contributed by atoms with Crippen LogP contribution in [0.1, 0.15) is 31.5 Å². The minimum absolute atomic E-state index is 0. The van der Waals surface area contributed by atoms with Gasteiger partial charge in [-0.05, 0) is 31.5 Å². The third-order valence-corrected chi connectivity index (χ3v) is 4.73. The number of aromatic nitrogens is 1. The van der Waals surface area contributed by atoms with Crippen LogP contribution in [-0.4, -0.2) is 30.4 Å². The summed E-state index contributed by atoms with van der Waals surface area (Å²) in [6, 6.07) is 7.24. The molecule has 25 heavy (non-hydrogen) atoms. The third-order valence-electron chi connectivity index (χ3n) is 3.60. The summed E-state index contributed by atoms with van der Waals surface area (Å²) in [5.74, 6) is 0.290. The molecule has 0 unspecified atom stereocenters. The Balaban J connectivity index is 0.00000312. The zero-order valence-electron chi connectivity index (χ0n) is 14.6. The Hall–Kier alpha value is -1.68. The fourth-order valence-corrected chi connectivity index (χ4v) is 3.11. The van der Waals surface area contributed by atoms with Crippen molar-refractivity contribution in [2.75, 3.05) is 13.6 Å². The number of rotatable bonds is 6. The minimum atomic E-state index is -0.423. The van der Waals surface area contributed by atoms with Gasteiger partial charge in [-0.3, -0.25) is 9.79 Å². The lowest BCUT2D eigenvalue weighted by Gasteiger charge is -2.11. The van der Waals surface area contributed by atoms with E-state index < -0.39 is 5.91 Å². The van der Waals surface area contributed by atoms with E-state index in [0.717, 1.165) is 29.2 Å². The van der Waals surface area contributed by atoms with E-state index in [0.29, 0.717) is 18.1 Å². The Morgan fingerprint density at radius 3 is 2.68 bits per heavy atom. The van der Waals surface area contributed by atoms with E-state index in [4.69, 9.17) is 5.73 Å². The predicted molar refractivity (Wildman–Crippen MR) is 114 cm³/mol.